The van der Waals surface area contributed by atoms with Gasteiger partial charge in [0.05, 0.1) is 0 Å². The average molecular weight is 351 g/mol. The van der Waals surface area contributed by atoms with Crippen LogP contribution in [-0.4, -0.2) is 0 Å². The molecule has 0 atom stereocenters. The summed E-state index contributed by atoms with van der Waals surface area (Å²) in [5.74, 6) is 0. The van der Waals surface area contributed by atoms with E-state index in [1.807, 2.05) is 0 Å². The van der Waals surface area contributed by atoms with Gasteiger partial charge in [0.2, 0.25) is 0 Å². The molecule has 0 heterocycles. The predicted octanol–water partition coefficient (Wildman–Crippen LogP) is 8.30. The van der Waals surface area contributed by atoms with Gasteiger partial charge in [0.15, 0.2) is 0 Å². The van der Waals surface area contributed by atoms with E-state index < -0.39 is 0 Å². The van der Waals surface area contributed by atoms with E-state index in [1.165, 1.54) is 81.8 Å². The lowest BCUT2D eigenvalue weighted by Crippen LogP contribution is -2.28. The fourth-order valence-corrected chi connectivity index (χ4v) is 4.25. The summed E-state index contributed by atoms with van der Waals surface area (Å²) in [6.45, 7) is 4.61. The van der Waals surface area contributed by atoms with Crippen molar-refractivity contribution in [3.63, 3.8) is 0 Å². The molecular weight excluding hydrogens is 312 g/mol. The first-order valence-electron chi connectivity index (χ1n) is 10.9. The van der Waals surface area contributed by atoms with Crippen molar-refractivity contribution in [2.75, 3.05) is 0 Å². The van der Waals surface area contributed by atoms with E-state index in [0.717, 1.165) is 0 Å². The second-order valence-electron chi connectivity index (χ2n) is 7.79. The van der Waals surface area contributed by atoms with Crippen LogP contribution in [0.2, 0.25) is 0 Å². The zero-order chi connectivity index (χ0) is 18.5. The SMILES string of the molecule is CCCCCCCCCC(CCCC)(c1ccccc1)c1ccccc1. The van der Waals surface area contributed by atoms with Gasteiger partial charge >= 0.3 is 0 Å². The first-order valence-corrected chi connectivity index (χ1v) is 10.9. The number of benzene rings is 2. The van der Waals surface area contributed by atoms with Gasteiger partial charge in [0.1, 0.15) is 0 Å². The second-order valence-corrected chi connectivity index (χ2v) is 7.79. The first kappa shape index (κ1) is 20.7. The molecule has 0 heteroatoms. The fraction of sp³-hybridized carbons (Fsp3) is 0.538. The Morgan fingerprint density at radius 2 is 0.923 bits per heavy atom. The van der Waals surface area contributed by atoms with Crippen LogP contribution in [0.3, 0.4) is 0 Å². The molecule has 0 unspecified atom stereocenters. The molecule has 0 bridgehead atoms. The van der Waals surface area contributed by atoms with Crippen LogP contribution in [0.15, 0.2) is 60.7 Å². The van der Waals surface area contributed by atoms with Crippen LogP contribution < -0.4 is 0 Å². The molecule has 0 saturated heterocycles. The third kappa shape index (κ3) is 6.01. The molecule has 0 aliphatic heterocycles. The van der Waals surface area contributed by atoms with Crippen molar-refractivity contribution in [2.45, 2.75) is 89.9 Å². The monoisotopic (exact) mass is 350 g/mol. The molecule has 0 aliphatic carbocycles. The van der Waals surface area contributed by atoms with Crippen LogP contribution in [0, 0.1) is 0 Å². The molecule has 2 aromatic carbocycles. The lowest BCUT2D eigenvalue weighted by Gasteiger charge is -2.36. The van der Waals surface area contributed by atoms with Crippen molar-refractivity contribution in [3.05, 3.63) is 71.8 Å². The van der Waals surface area contributed by atoms with Crippen molar-refractivity contribution in [3.8, 4) is 0 Å². The highest BCUT2D eigenvalue weighted by molar-refractivity contribution is 5.39. The molecule has 0 fully saturated rings. The summed E-state index contributed by atoms with van der Waals surface area (Å²) in [5.41, 5.74) is 3.19. The number of hydrogen-bond donors (Lipinski definition) is 0. The topological polar surface area (TPSA) is 0 Å². The predicted molar refractivity (Wildman–Crippen MR) is 116 cm³/mol. The molecular formula is C26H38. The summed E-state index contributed by atoms with van der Waals surface area (Å²) in [5, 5.41) is 0. The van der Waals surface area contributed by atoms with E-state index in [0.29, 0.717) is 0 Å². The Kier molecular flexibility index (Phi) is 9.53. The minimum atomic E-state index is 0.182. The minimum Gasteiger partial charge on any atom is -0.0654 e. The lowest BCUT2D eigenvalue weighted by atomic mass is 9.68. The molecule has 0 radical (unpaired) electrons. The summed E-state index contributed by atoms with van der Waals surface area (Å²) >= 11 is 0. The molecule has 0 nitrogen and oxygen atoms in total. The van der Waals surface area contributed by atoms with Crippen molar-refractivity contribution in [1.29, 1.82) is 0 Å². The highest BCUT2D eigenvalue weighted by Gasteiger charge is 2.32. The molecule has 0 aliphatic rings. The Morgan fingerprint density at radius 3 is 1.42 bits per heavy atom. The minimum absolute atomic E-state index is 0.182. The molecule has 0 amide bonds. The van der Waals surface area contributed by atoms with Crippen LogP contribution >= 0.6 is 0 Å². The smallest absolute Gasteiger partial charge is 0.0202 e. The summed E-state index contributed by atoms with van der Waals surface area (Å²) in [7, 11) is 0. The third-order valence-corrected chi connectivity index (χ3v) is 5.82. The molecule has 142 valence electrons. The number of rotatable bonds is 13. The van der Waals surface area contributed by atoms with Crippen LogP contribution in [0.25, 0.3) is 0 Å². The van der Waals surface area contributed by atoms with Crippen molar-refractivity contribution >= 4 is 0 Å². The number of hydrogen-bond acceptors (Lipinski definition) is 0. The Labute approximate surface area is 162 Å². The number of unbranched alkanes of at least 4 members (excludes halogenated alkanes) is 7. The van der Waals surface area contributed by atoms with E-state index in [4.69, 9.17) is 0 Å². The highest BCUT2D eigenvalue weighted by atomic mass is 14.4. The lowest BCUT2D eigenvalue weighted by molar-refractivity contribution is 0.397. The van der Waals surface area contributed by atoms with Crippen molar-refractivity contribution in [1.82, 2.24) is 0 Å². The van der Waals surface area contributed by atoms with Crippen LogP contribution in [0.1, 0.15) is 95.6 Å². The van der Waals surface area contributed by atoms with Gasteiger partial charge in [-0.25, -0.2) is 0 Å². The maximum absolute atomic E-state index is 2.35. The zero-order valence-corrected chi connectivity index (χ0v) is 17.1. The van der Waals surface area contributed by atoms with Gasteiger partial charge in [-0.05, 0) is 24.0 Å². The van der Waals surface area contributed by atoms with Crippen LogP contribution in [-0.2, 0) is 5.41 Å². The summed E-state index contributed by atoms with van der Waals surface area (Å²) < 4.78 is 0. The van der Waals surface area contributed by atoms with Crippen molar-refractivity contribution in [2.24, 2.45) is 0 Å². The van der Waals surface area contributed by atoms with Gasteiger partial charge in [0, 0.05) is 5.41 Å². The van der Waals surface area contributed by atoms with Gasteiger partial charge in [-0.1, -0.05) is 132 Å². The molecule has 0 saturated carbocycles. The molecule has 2 rings (SSSR count). The van der Waals surface area contributed by atoms with Gasteiger partial charge in [0.25, 0.3) is 0 Å². The molecule has 0 N–H and O–H groups in total. The highest BCUT2D eigenvalue weighted by Crippen LogP contribution is 2.41. The van der Waals surface area contributed by atoms with Crippen LogP contribution in [0.5, 0.6) is 0 Å². The Balaban J connectivity index is 2.14. The first-order chi connectivity index (χ1) is 12.8. The van der Waals surface area contributed by atoms with E-state index in [9.17, 15) is 0 Å². The Hall–Kier alpha value is -1.56. The van der Waals surface area contributed by atoms with Gasteiger partial charge in [-0.3, -0.25) is 0 Å². The second kappa shape index (κ2) is 11.9. The molecule has 0 spiro atoms. The van der Waals surface area contributed by atoms with Gasteiger partial charge in [-0.2, -0.15) is 0 Å². The van der Waals surface area contributed by atoms with Gasteiger partial charge < -0.3 is 0 Å². The van der Waals surface area contributed by atoms with Crippen LogP contribution in [0.4, 0.5) is 0 Å². The summed E-state index contributed by atoms with van der Waals surface area (Å²) in [6.07, 6.45) is 14.7. The quantitative estimate of drug-likeness (QED) is 0.319. The summed E-state index contributed by atoms with van der Waals surface area (Å²) in [6, 6.07) is 22.5. The zero-order valence-electron chi connectivity index (χ0n) is 17.1. The normalized spacial score (nSPS) is 11.6. The van der Waals surface area contributed by atoms with Gasteiger partial charge in [-0.15, -0.1) is 0 Å². The fourth-order valence-electron chi connectivity index (χ4n) is 4.25. The summed E-state index contributed by atoms with van der Waals surface area (Å²) in [4.78, 5) is 0. The largest absolute Gasteiger partial charge is 0.0654 e. The van der Waals surface area contributed by atoms with E-state index in [-0.39, 0.29) is 5.41 Å². The Morgan fingerprint density at radius 1 is 0.500 bits per heavy atom. The Bertz CT molecular complexity index is 530. The van der Waals surface area contributed by atoms with E-state index in [2.05, 4.69) is 74.5 Å². The van der Waals surface area contributed by atoms with Crippen molar-refractivity contribution < 1.29 is 0 Å². The maximum Gasteiger partial charge on any atom is 0.0202 e. The standard InChI is InChI=1S/C26H38/c1-3-5-7-8-9-10-17-23-26(22-6-4-2,24-18-13-11-14-19-24)25-20-15-12-16-21-25/h11-16,18-21H,3-10,17,22-23H2,1-2H3. The maximum atomic E-state index is 2.35. The molecule has 0 aromatic heterocycles. The molecule has 2 aromatic rings. The van der Waals surface area contributed by atoms with E-state index in [1.54, 1.807) is 0 Å². The third-order valence-electron chi connectivity index (χ3n) is 5.82. The average Bonchev–Trinajstić information content (AvgIpc) is 2.71. The molecule has 26 heavy (non-hydrogen) atoms. The van der Waals surface area contributed by atoms with E-state index >= 15 is 0 Å².